The number of nitrogen functional groups attached to an aromatic ring is 1. The summed E-state index contributed by atoms with van der Waals surface area (Å²) in [5.74, 6) is 0.403. The number of carboxylic acid groups (broad SMARTS) is 1. The zero-order valence-corrected chi connectivity index (χ0v) is 10.6. The lowest BCUT2D eigenvalue weighted by Gasteiger charge is -2.06. The van der Waals surface area contributed by atoms with E-state index in [9.17, 15) is 4.79 Å². The highest BCUT2D eigenvalue weighted by molar-refractivity contribution is 7.99. The van der Waals surface area contributed by atoms with Gasteiger partial charge in [-0.05, 0) is 25.1 Å². The van der Waals surface area contributed by atoms with Gasteiger partial charge >= 0.3 is 5.97 Å². The fourth-order valence-electron chi connectivity index (χ4n) is 1.11. The Kier molecular flexibility index (Phi) is 4.90. The average Bonchev–Trinajstić information content (AvgIpc) is 2.31. The van der Waals surface area contributed by atoms with Crippen molar-refractivity contribution in [3.05, 3.63) is 29.8 Å². The second-order valence-electron chi connectivity index (χ2n) is 3.41. The largest absolute Gasteiger partial charge is 0.497 e. The number of hydrogen-bond donors (Lipinski definition) is 2. The van der Waals surface area contributed by atoms with Crippen LogP contribution >= 0.6 is 11.8 Å². The van der Waals surface area contributed by atoms with Crippen LogP contribution in [-0.4, -0.2) is 23.9 Å². The number of carbonyl (C=O) groups is 1. The first kappa shape index (κ1) is 13.4. The highest BCUT2D eigenvalue weighted by Crippen LogP contribution is 2.29. The van der Waals surface area contributed by atoms with Crippen molar-refractivity contribution in [2.45, 2.75) is 11.8 Å². The summed E-state index contributed by atoms with van der Waals surface area (Å²) in [5.41, 5.74) is 6.80. The topological polar surface area (TPSA) is 72.5 Å². The molecule has 1 rings (SSSR count). The second-order valence-corrected chi connectivity index (χ2v) is 4.47. The SMILES string of the molecule is COc1ccc(N)c(SCC=C(C)C(=O)O)c1. The Morgan fingerprint density at radius 3 is 2.88 bits per heavy atom. The smallest absolute Gasteiger partial charge is 0.330 e. The summed E-state index contributed by atoms with van der Waals surface area (Å²) in [4.78, 5) is 11.5. The summed E-state index contributed by atoms with van der Waals surface area (Å²) in [6.45, 7) is 1.57. The number of carboxylic acids is 1. The van der Waals surface area contributed by atoms with E-state index in [1.165, 1.54) is 11.8 Å². The van der Waals surface area contributed by atoms with E-state index in [0.29, 0.717) is 17.0 Å². The lowest BCUT2D eigenvalue weighted by atomic mass is 10.3. The van der Waals surface area contributed by atoms with Gasteiger partial charge in [0.05, 0.1) is 7.11 Å². The molecule has 0 fully saturated rings. The van der Waals surface area contributed by atoms with Crippen molar-refractivity contribution >= 4 is 23.4 Å². The average molecular weight is 253 g/mol. The van der Waals surface area contributed by atoms with E-state index in [0.717, 1.165) is 10.6 Å². The standard InChI is InChI=1S/C12H15NO3S/c1-8(12(14)15)5-6-17-11-7-9(16-2)3-4-10(11)13/h3-5,7H,6,13H2,1-2H3,(H,14,15). The molecule has 0 aliphatic carbocycles. The molecule has 0 spiro atoms. The molecule has 0 aliphatic heterocycles. The maximum absolute atomic E-state index is 10.6. The van der Waals surface area contributed by atoms with Gasteiger partial charge in [0.2, 0.25) is 0 Å². The van der Waals surface area contributed by atoms with Crippen molar-refractivity contribution in [1.29, 1.82) is 0 Å². The Labute approximate surface area is 104 Å². The second kappa shape index (κ2) is 6.20. The summed E-state index contributed by atoms with van der Waals surface area (Å²) in [5, 5.41) is 8.69. The summed E-state index contributed by atoms with van der Waals surface area (Å²) in [7, 11) is 1.59. The Hall–Kier alpha value is -1.62. The monoisotopic (exact) mass is 253 g/mol. The first-order valence-corrected chi connectivity index (χ1v) is 5.99. The van der Waals surface area contributed by atoms with Crippen LogP contribution in [-0.2, 0) is 4.79 Å². The minimum atomic E-state index is -0.899. The molecule has 92 valence electrons. The van der Waals surface area contributed by atoms with Gasteiger partial charge in [-0.15, -0.1) is 11.8 Å². The van der Waals surface area contributed by atoms with Crippen molar-refractivity contribution in [3.63, 3.8) is 0 Å². The number of hydrogen-bond acceptors (Lipinski definition) is 4. The Morgan fingerprint density at radius 2 is 2.29 bits per heavy atom. The van der Waals surface area contributed by atoms with Gasteiger partial charge < -0.3 is 15.6 Å². The molecule has 1 aromatic carbocycles. The number of ether oxygens (including phenoxy) is 1. The third-order valence-electron chi connectivity index (χ3n) is 2.19. The van der Waals surface area contributed by atoms with E-state index in [1.54, 1.807) is 32.2 Å². The van der Waals surface area contributed by atoms with Gasteiger partial charge in [-0.2, -0.15) is 0 Å². The van der Waals surface area contributed by atoms with E-state index >= 15 is 0 Å². The lowest BCUT2D eigenvalue weighted by molar-refractivity contribution is -0.132. The Morgan fingerprint density at radius 1 is 1.59 bits per heavy atom. The molecule has 0 unspecified atom stereocenters. The lowest BCUT2D eigenvalue weighted by Crippen LogP contribution is -1.96. The third kappa shape index (κ3) is 4.03. The molecule has 3 N–H and O–H groups in total. The minimum Gasteiger partial charge on any atom is -0.497 e. The van der Waals surface area contributed by atoms with Gasteiger partial charge in [0, 0.05) is 21.9 Å². The molecule has 4 nitrogen and oxygen atoms in total. The predicted molar refractivity (Wildman–Crippen MR) is 69.5 cm³/mol. The van der Waals surface area contributed by atoms with E-state index in [-0.39, 0.29) is 0 Å². The number of nitrogens with two attached hydrogens (primary N) is 1. The molecule has 0 bridgehead atoms. The minimum absolute atomic E-state index is 0.332. The number of thioether (sulfide) groups is 1. The molecule has 0 saturated heterocycles. The van der Waals surface area contributed by atoms with E-state index in [1.807, 2.05) is 6.07 Å². The van der Waals surface area contributed by atoms with Crippen LogP contribution in [0, 0.1) is 0 Å². The molecule has 17 heavy (non-hydrogen) atoms. The van der Waals surface area contributed by atoms with Crippen molar-refractivity contribution in [3.8, 4) is 5.75 Å². The van der Waals surface area contributed by atoms with Crippen LogP contribution in [0.4, 0.5) is 5.69 Å². The van der Waals surface area contributed by atoms with Crippen LogP contribution in [0.2, 0.25) is 0 Å². The molecule has 0 amide bonds. The third-order valence-corrected chi connectivity index (χ3v) is 3.18. The molecule has 0 aromatic heterocycles. The summed E-state index contributed by atoms with van der Waals surface area (Å²) in [6.07, 6.45) is 1.66. The Bertz CT molecular complexity index is 443. The van der Waals surface area contributed by atoms with Gasteiger partial charge in [-0.1, -0.05) is 6.08 Å². The summed E-state index contributed by atoms with van der Waals surface area (Å²) < 4.78 is 5.10. The molecule has 1 aromatic rings. The van der Waals surface area contributed by atoms with Crippen molar-refractivity contribution in [2.24, 2.45) is 0 Å². The van der Waals surface area contributed by atoms with Gasteiger partial charge in [-0.3, -0.25) is 0 Å². The summed E-state index contributed by atoms with van der Waals surface area (Å²) in [6, 6.07) is 5.40. The fraction of sp³-hybridized carbons (Fsp3) is 0.250. The number of anilines is 1. The van der Waals surface area contributed by atoms with Crippen LogP contribution in [0.15, 0.2) is 34.7 Å². The molecule has 5 heteroatoms. The van der Waals surface area contributed by atoms with Crippen molar-refractivity contribution < 1.29 is 14.6 Å². The summed E-state index contributed by atoms with van der Waals surface area (Å²) >= 11 is 1.48. The number of benzene rings is 1. The van der Waals surface area contributed by atoms with Crippen molar-refractivity contribution in [1.82, 2.24) is 0 Å². The van der Waals surface area contributed by atoms with Crippen molar-refractivity contribution in [2.75, 3.05) is 18.6 Å². The number of aliphatic carboxylic acids is 1. The molecule has 0 heterocycles. The van der Waals surface area contributed by atoms with E-state index in [4.69, 9.17) is 15.6 Å². The quantitative estimate of drug-likeness (QED) is 0.479. The van der Waals surface area contributed by atoms with E-state index < -0.39 is 5.97 Å². The van der Waals surface area contributed by atoms with Crippen LogP contribution in [0.5, 0.6) is 5.75 Å². The molecule has 0 radical (unpaired) electrons. The van der Waals surface area contributed by atoms with Gasteiger partial charge in [-0.25, -0.2) is 4.79 Å². The molecular formula is C12H15NO3S. The van der Waals surface area contributed by atoms with Gasteiger partial charge in [0.1, 0.15) is 5.75 Å². The van der Waals surface area contributed by atoms with Crippen LogP contribution in [0.1, 0.15) is 6.92 Å². The fourth-order valence-corrected chi connectivity index (χ4v) is 2.06. The first-order valence-electron chi connectivity index (χ1n) is 5.01. The normalized spacial score (nSPS) is 11.3. The van der Waals surface area contributed by atoms with E-state index in [2.05, 4.69) is 0 Å². The zero-order chi connectivity index (χ0) is 12.8. The maximum atomic E-state index is 10.6. The Balaban J connectivity index is 2.69. The van der Waals surface area contributed by atoms with Gasteiger partial charge in [0.15, 0.2) is 0 Å². The molecule has 0 saturated carbocycles. The molecule has 0 atom stereocenters. The number of methoxy groups -OCH3 is 1. The van der Waals surface area contributed by atoms with Crippen LogP contribution < -0.4 is 10.5 Å². The molecule has 0 aliphatic rings. The number of rotatable bonds is 5. The highest BCUT2D eigenvalue weighted by atomic mass is 32.2. The van der Waals surface area contributed by atoms with Crippen LogP contribution in [0.3, 0.4) is 0 Å². The maximum Gasteiger partial charge on any atom is 0.330 e. The first-order chi connectivity index (χ1) is 8.04. The zero-order valence-electron chi connectivity index (χ0n) is 9.77. The van der Waals surface area contributed by atoms with Crippen LogP contribution in [0.25, 0.3) is 0 Å². The highest BCUT2D eigenvalue weighted by Gasteiger charge is 2.03. The van der Waals surface area contributed by atoms with Gasteiger partial charge in [0.25, 0.3) is 0 Å². The predicted octanol–water partition coefficient (Wildman–Crippen LogP) is 2.40. The molecular weight excluding hydrogens is 238 g/mol.